The highest BCUT2D eigenvalue weighted by Gasteiger charge is 2.47. The van der Waals surface area contributed by atoms with E-state index in [1.807, 2.05) is 19.1 Å². The number of benzene rings is 1. The second-order valence-electron chi connectivity index (χ2n) is 7.10. The minimum atomic E-state index is -3.83. The largest absolute Gasteiger partial charge is 0.468 e. The van der Waals surface area contributed by atoms with E-state index < -0.39 is 15.4 Å². The molecule has 0 heterocycles. The fraction of sp³-hybridized carbons (Fsp3) is 0.579. The molecule has 150 valence electrons. The molecule has 1 atom stereocenters. The number of carbonyl (C=O) groups excluding carboxylic acids is 1. The van der Waals surface area contributed by atoms with Crippen LogP contribution in [-0.2, 0) is 19.6 Å². The van der Waals surface area contributed by atoms with Gasteiger partial charge in [-0.05, 0) is 64.0 Å². The van der Waals surface area contributed by atoms with E-state index in [2.05, 4.69) is 25.9 Å². The van der Waals surface area contributed by atoms with Gasteiger partial charge >= 0.3 is 5.97 Å². The van der Waals surface area contributed by atoms with Gasteiger partial charge in [0.2, 0.25) is 0 Å². The average molecular weight is 459 g/mol. The first-order valence-corrected chi connectivity index (χ1v) is 11.6. The van der Waals surface area contributed by atoms with Gasteiger partial charge in [-0.2, -0.15) is 13.5 Å². The highest BCUT2D eigenvalue weighted by atomic mass is 79.9. The Morgan fingerprint density at radius 2 is 1.93 bits per heavy atom. The van der Waals surface area contributed by atoms with Crippen LogP contribution in [0.5, 0.6) is 0 Å². The van der Waals surface area contributed by atoms with Gasteiger partial charge in [-0.15, -0.1) is 0 Å². The molecular weight excluding hydrogens is 432 g/mol. The Morgan fingerprint density at radius 1 is 1.30 bits per heavy atom. The Hall–Kier alpha value is -1.41. The number of alkyl halides is 1. The quantitative estimate of drug-likeness (QED) is 0.382. The number of hydrazone groups is 1. The number of nitrogens with zero attached hydrogens (tertiary/aromatic N) is 1. The van der Waals surface area contributed by atoms with E-state index in [0.29, 0.717) is 36.1 Å². The maximum Gasteiger partial charge on any atom is 0.317 e. The van der Waals surface area contributed by atoms with Gasteiger partial charge in [0.1, 0.15) is 5.41 Å². The number of rotatable bonds is 7. The Morgan fingerprint density at radius 3 is 2.48 bits per heavy atom. The summed E-state index contributed by atoms with van der Waals surface area (Å²) >= 11 is 3.39. The summed E-state index contributed by atoms with van der Waals surface area (Å²) in [7, 11) is -2.47. The number of sulfonamides is 1. The van der Waals surface area contributed by atoms with E-state index in [9.17, 15) is 13.2 Å². The monoisotopic (exact) mass is 458 g/mol. The maximum absolute atomic E-state index is 12.9. The molecule has 0 aliphatic heterocycles. The van der Waals surface area contributed by atoms with Crippen LogP contribution in [0.25, 0.3) is 0 Å². The van der Waals surface area contributed by atoms with Crippen LogP contribution >= 0.6 is 15.9 Å². The SMILES string of the molecule is COC(=O)C1(CCCBr)CCC/C1=N\NS(=O)(=O)c1c(C)cc(C)cc1C. The molecule has 0 saturated heterocycles. The van der Waals surface area contributed by atoms with Crippen molar-refractivity contribution in [2.24, 2.45) is 10.5 Å². The van der Waals surface area contributed by atoms with Crippen molar-refractivity contribution < 1.29 is 17.9 Å². The first-order valence-electron chi connectivity index (χ1n) is 8.99. The molecule has 1 aliphatic carbocycles. The van der Waals surface area contributed by atoms with E-state index in [0.717, 1.165) is 23.7 Å². The topological polar surface area (TPSA) is 84.8 Å². The van der Waals surface area contributed by atoms with Crippen molar-refractivity contribution in [1.29, 1.82) is 0 Å². The summed E-state index contributed by atoms with van der Waals surface area (Å²) in [5, 5.41) is 4.97. The van der Waals surface area contributed by atoms with E-state index in [1.54, 1.807) is 13.8 Å². The van der Waals surface area contributed by atoms with E-state index in [1.165, 1.54) is 7.11 Å². The summed E-state index contributed by atoms with van der Waals surface area (Å²) in [5.74, 6) is -0.346. The number of halogens is 1. The third kappa shape index (κ3) is 4.54. The van der Waals surface area contributed by atoms with Crippen LogP contribution in [0.1, 0.15) is 48.8 Å². The van der Waals surface area contributed by atoms with Gasteiger partial charge in [0.15, 0.2) is 0 Å². The summed E-state index contributed by atoms with van der Waals surface area (Å²) in [6.07, 6.45) is 3.33. The number of hydrogen-bond acceptors (Lipinski definition) is 5. The molecule has 1 unspecified atom stereocenters. The predicted molar refractivity (Wildman–Crippen MR) is 110 cm³/mol. The fourth-order valence-electron chi connectivity index (χ4n) is 4.01. The molecule has 6 nitrogen and oxygen atoms in total. The van der Waals surface area contributed by atoms with Crippen molar-refractivity contribution >= 4 is 37.6 Å². The predicted octanol–water partition coefficient (Wildman–Crippen LogP) is 3.76. The van der Waals surface area contributed by atoms with Gasteiger partial charge in [-0.3, -0.25) is 4.79 Å². The minimum Gasteiger partial charge on any atom is -0.468 e. The summed E-state index contributed by atoms with van der Waals surface area (Å²) in [5.41, 5.74) is 2.06. The van der Waals surface area contributed by atoms with Crippen molar-refractivity contribution in [2.75, 3.05) is 12.4 Å². The molecule has 0 spiro atoms. The molecule has 1 N–H and O–H groups in total. The zero-order chi connectivity index (χ0) is 20.2. The second-order valence-corrected chi connectivity index (χ2v) is 9.49. The Balaban J connectivity index is 2.38. The van der Waals surface area contributed by atoms with Gasteiger partial charge in [-0.1, -0.05) is 33.6 Å². The van der Waals surface area contributed by atoms with E-state index >= 15 is 0 Å². The summed E-state index contributed by atoms with van der Waals surface area (Å²) in [6.45, 7) is 5.47. The Labute approximate surface area is 169 Å². The average Bonchev–Trinajstić information content (AvgIpc) is 3.00. The van der Waals surface area contributed by atoms with Crippen LogP contribution in [0.2, 0.25) is 0 Å². The van der Waals surface area contributed by atoms with Crippen molar-refractivity contribution in [1.82, 2.24) is 4.83 Å². The number of esters is 1. The van der Waals surface area contributed by atoms with Crippen LogP contribution in [0.15, 0.2) is 22.1 Å². The molecule has 27 heavy (non-hydrogen) atoms. The molecule has 1 aliphatic rings. The lowest BCUT2D eigenvalue weighted by Crippen LogP contribution is -2.38. The number of methoxy groups -OCH3 is 1. The Bertz CT molecular complexity index is 828. The number of aryl methyl sites for hydroxylation is 3. The number of hydrogen-bond donors (Lipinski definition) is 1. The maximum atomic E-state index is 12.9. The van der Waals surface area contributed by atoms with Crippen LogP contribution in [0.3, 0.4) is 0 Å². The standard InChI is InChI=1S/C19H27BrN2O4S/c1-13-11-14(2)17(15(3)12-13)27(24,25)22-21-16-7-5-8-19(16,9-6-10-20)18(23)26-4/h11-12,22H,5-10H2,1-4H3/b21-16+. The molecule has 1 fully saturated rings. The van der Waals surface area contributed by atoms with Crippen LogP contribution in [-0.4, -0.2) is 32.5 Å². The van der Waals surface area contributed by atoms with Gasteiger partial charge in [0.25, 0.3) is 10.0 Å². The number of carbonyl (C=O) groups is 1. The lowest BCUT2D eigenvalue weighted by atomic mass is 9.80. The molecule has 0 bridgehead atoms. The molecule has 0 aromatic heterocycles. The van der Waals surface area contributed by atoms with Crippen LogP contribution in [0, 0.1) is 26.2 Å². The van der Waals surface area contributed by atoms with Gasteiger partial charge in [-0.25, -0.2) is 4.83 Å². The van der Waals surface area contributed by atoms with Crippen molar-refractivity contribution in [3.63, 3.8) is 0 Å². The normalized spacial score (nSPS) is 21.4. The third-order valence-electron chi connectivity index (χ3n) is 5.06. The van der Waals surface area contributed by atoms with Crippen molar-refractivity contribution in [3.8, 4) is 0 Å². The summed E-state index contributed by atoms with van der Waals surface area (Å²) in [6, 6.07) is 3.66. The zero-order valence-corrected chi connectivity index (χ0v) is 18.7. The van der Waals surface area contributed by atoms with Crippen molar-refractivity contribution in [2.45, 2.75) is 57.8 Å². The summed E-state index contributed by atoms with van der Waals surface area (Å²) < 4.78 is 30.7. The first kappa shape index (κ1) is 21.9. The van der Waals surface area contributed by atoms with E-state index in [-0.39, 0.29) is 10.9 Å². The number of ether oxygens (including phenoxy) is 1. The molecule has 2 rings (SSSR count). The lowest BCUT2D eigenvalue weighted by Gasteiger charge is -2.26. The molecular formula is C19H27BrN2O4S. The van der Waals surface area contributed by atoms with Crippen LogP contribution in [0.4, 0.5) is 0 Å². The van der Waals surface area contributed by atoms with Gasteiger partial charge in [0.05, 0.1) is 17.7 Å². The highest BCUT2D eigenvalue weighted by molar-refractivity contribution is 9.09. The fourth-order valence-corrected chi connectivity index (χ4v) is 5.58. The van der Waals surface area contributed by atoms with E-state index in [4.69, 9.17) is 4.74 Å². The molecule has 0 amide bonds. The van der Waals surface area contributed by atoms with Gasteiger partial charge < -0.3 is 4.74 Å². The Kier molecular flexibility index (Phi) is 7.08. The second kappa shape index (κ2) is 8.73. The zero-order valence-electron chi connectivity index (χ0n) is 16.3. The minimum absolute atomic E-state index is 0.236. The molecule has 1 saturated carbocycles. The lowest BCUT2D eigenvalue weighted by molar-refractivity contribution is -0.148. The van der Waals surface area contributed by atoms with Crippen LogP contribution < -0.4 is 4.83 Å². The van der Waals surface area contributed by atoms with Crippen molar-refractivity contribution in [3.05, 3.63) is 28.8 Å². The highest BCUT2D eigenvalue weighted by Crippen LogP contribution is 2.41. The molecule has 1 aromatic carbocycles. The first-order chi connectivity index (χ1) is 12.7. The molecule has 0 radical (unpaired) electrons. The number of nitrogens with one attached hydrogen (secondary N) is 1. The van der Waals surface area contributed by atoms with Gasteiger partial charge in [0, 0.05) is 5.33 Å². The smallest absolute Gasteiger partial charge is 0.317 e. The third-order valence-corrected chi connectivity index (χ3v) is 7.13. The molecule has 8 heteroatoms. The molecule has 1 aromatic rings. The summed E-state index contributed by atoms with van der Waals surface area (Å²) in [4.78, 5) is 15.1.